The summed E-state index contributed by atoms with van der Waals surface area (Å²) in [4.78, 5) is 22.7. The van der Waals surface area contributed by atoms with Crippen LogP contribution in [-0.4, -0.2) is 31.4 Å². The minimum absolute atomic E-state index is 0.108. The van der Waals surface area contributed by atoms with E-state index in [1.54, 1.807) is 0 Å². The largest absolute Gasteiger partial charge is 0.370 e. The lowest BCUT2D eigenvalue weighted by molar-refractivity contribution is -0.132. The predicted molar refractivity (Wildman–Crippen MR) is 66.3 cm³/mol. The van der Waals surface area contributed by atoms with Crippen LogP contribution in [0.3, 0.4) is 0 Å². The van der Waals surface area contributed by atoms with Crippen molar-refractivity contribution in [3.8, 4) is 0 Å². The Labute approximate surface area is 103 Å². The van der Waals surface area contributed by atoms with E-state index in [0.29, 0.717) is 19.4 Å². The zero-order valence-corrected chi connectivity index (χ0v) is 10.6. The minimum Gasteiger partial charge on any atom is -0.370 e. The summed E-state index contributed by atoms with van der Waals surface area (Å²) in [7, 11) is 0. The Kier molecular flexibility index (Phi) is 5.41. The average Bonchev–Trinajstić information content (AvgIpc) is 2.35. The van der Waals surface area contributed by atoms with Gasteiger partial charge in [0.15, 0.2) is 0 Å². The number of rotatable bonds is 6. The lowest BCUT2D eigenvalue weighted by Gasteiger charge is -2.35. The molecule has 0 aromatic carbocycles. The molecule has 98 valence electrons. The molecule has 1 fully saturated rings. The van der Waals surface area contributed by atoms with E-state index < -0.39 is 0 Å². The maximum Gasteiger partial charge on any atom is 0.227 e. The van der Waals surface area contributed by atoms with Crippen LogP contribution < -0.4 is 16.4 Å². The summed E-state index contributed by atoms with van der Waals surface area (Å²) in [5.41, 5.74) is 4.78. The fourth-order valence-corrected chi connectivity index (χ4v) is 2.28. The fraction of sp³-hybridized carbons (Fsp3) is 0.833. The first-order valence-corrected chi connectivity index (χ1v) is 6.38. The molecule has 5 nitrogen and oxygen atoms in total. The second-order valence-electron chi connectivity index (χ2n) is 4.74. The van der Waals surface area contributed by atoms with E-state index in [9.17, 15) is 9.59 Å². The van der Waals surface area contributed by atoms with Gasteiger partial charge in [0.2, 0.25) is 11.8 Å². The highest BCUT2D eigenvalue weighted by Gasteiger charge is 2.37. The quantitative estimate of drug-likeness (QED) is 0.579. The number of nitrogens with two attached hydrogens (primary N) is 1. The Morgan fingerprint density at radius 2 is 2.24 bits per heavy atom. The topological polar surface area (TPSA) is 84.2 Å². The van der Waals surface area contributed by atoms with E-state index in [0.717, 1.165) is 32.4 Å². The zero-order valence-electron chi connectivity index (χ0n) is 10.6. The lowest BCUT2D eigenvalue weighted by Crippen LogP contribution is -2.50. The molecule has 5 heteroatoms. The first-order chi connectivity index (χ1) is 8.10. The molecule has 1 atom stereocenters. The van der Waals surface area contributed by atoms with Crippen molar-refractivity contribution < 1.29 is 9.59 Å². The minimum atomic E-state index is -0.316. The second-order valence-corrected chi connectivity index (χ2v) is 4.74. The van der Waals surface area contributed by atoms with Gasteiger partial charge in [-0.05, 0) is 32.2 Å². The number of hydrogen-bond donors (Lipinski definition) is 3. The van der Waals surface area contributed by atoms with Crippen LogP contribution in [0.25, 0.3) is 0 Å². The van der Waals surface area contributed by atoms with Crippen LogP contribution in [-0.2, 0) is 9.59 Å². The van der Waals surface area contributed by atoms with E-state index in [1.807, 2.05) is 0 Å². The molecule has 0 saturated carbocycles. The van der Waals surface area contributed by atoms with E-state index in [-0.39, 0.29) is 17.2 Å². The fourth-order valence-electron chi connectivity index (χ4n) is 2.28. The van der Waals surface area contributed by atoms with Crippen molar-refractivity contribution >= 4 is 11.8 Å². The van der Waals surface area contributed by atoms with Crippen LogP contribution in [0.5, 0.6) is 0 Å². The summed E-state index contributed by atoms with van der Waals surface area (Å²) < 4.78 is 0. The third-order valence-electron chi connectivity index (χ3n) is 3.52. The summed E-state index contributed by atoms with van der Waals surface area (Å²) in [6.45, 7) is 4.33. The molecule has 1 saturated heterocycles. The Hall–Kier alpha value is -1.10. The van der Waals surface area contributed by atoms with Crippen LogP contribution >= 0.6 is 0 Å². The Morgan fingerprint density at radius 3 is 2.76 bits per heavy atom. The van der Waals surface area contributed by atoms with E-state index >= 15 is 0 Å². The molecule has 1 aliphatic rings. The molecule has 4 N–H and O–H groups in total. The number of hydrogen-bond acceptors (Lipinski definition) is 3. The molecule has 0 bridgehead atoms. The molecule has 0 aromatic heterocycles. The van der Waals surface area contributed by atoms with Gasteiger partial charge >= 0.3 is 0 Å². The van der Waals surface area contributed by atoms with Crippen LogP contribution in [0.2, 0.25) is 0 Å². The molecule has 1 heterocycles. The number of carbonyl (C=O) groups excluding carboxylic acids is 2. The Morgan fingerprint density at radius 1 is 1.47 bits per heavy atom. The zero-order chi connectivity index (χ0) is 12.7. The maximum absolute atomic E-state index is 12.1. The van der Waals surface area contributed by atoms with E-state index in [1.165, 1.54) is 0 Å². The van der Waals surface area contributed by atoms with Gasteiger partial charge in [-0.25, -0.2) is 0 Å². The molecule has 0 aliphatic carbocycles. The van der Waals surface area contributed by atoms with Crippen molar-refractivity contribution in [2.75, 3.05) is 19.6 Å². The van der Waals surface area contributed by atoms with Gasteiger partial charge in [-0.1, -0.05) is 6.92 Å². The number of carbonyl (C=O) groups is 2. The standard InChI is InChI=1S/C12H23N3O2/c1-2-12(6-4-7-14-9-12)11(17)15-8-3-5-10(13)16/h14H,2-9H2,1H3,(H2,13,16)(H,15,17). The van der Waals surface area contributed by atoms with Crippen molar-refractivity contribution in [1.29, 1.82) is 0 Å². The number of primary amides is 1. The van der Waals surface area contributed by atoms with Gasteiger partial charge < -0.3 is 16.4 Å². The van der Waals surface area contributed by atoms with Crippen LogP contribution in [0.15, 0.2) is 0 Å². The first kappa shape index (κ1) is 14.0. The van der Waals surface area contributed by atoms with Crippen molar-refractivity contribution in [1.82, 2.24) is 10.6 Å². The molecular weight excluding hydrogens is 218 g/mol. The third-order valence-corrected chi connectivity index (χ3v) is 3.52. The molecule has 17 heavy (non-hydrogen) atoms. The summed E-state index contributed by atoms with van der Waals surface area (Å²) in [5, 5.41) is 6.19. The van der Waals surface area contributed by atoms with Gasteiger partial charge in [-0.3, -0.25) is 9.59 Å². The van der Waals surface area contributed by atoms with Crippen molar-refractivity contribution in [3.63, 3.8) is 0 Å². The number of piperidine rings is 1. The van der Waals surface area contributed by atoms with Gasteiger partial charge in [-0.2, -0.15) is 0 Å². The van der Waals surface area contributed by atoms with Crippen molar-refractivity contribution in [2.24, 2.45) is 11.1 Å². The summed E-state index contributed by atoms with van der Waals surface area (Å²) in [6, 6.07) is 0. The molecular formula is C12H23N3O2. The number of nitrogens with one attached hydrogen (secondary N) is 2. The Balaban J connectivity index is 2.36. The molecule has 0 aromatic rings. The van der Waals surface area contributed by atoms with E-state index in [2.05, 4.69) is 17.6 Å². The smallest absolute Gasteiger partial charge is 0.227 e. The monoisotopic (exact) mass is 241 g/mol. The highest BCUT2D eigenvalue weighted by molar-refractivity contribution is 5.83. The van der Waals surface area contributed by atoms with Crippen LogP contribution in [0.4, 0.5) is 0 Å². The summed E-state index contributed by atoms with van der Waals surface area (Å²) in [5.74, 6) is -0.208. The maximum atomic E-state index is 12.1. The molecule has 0 spiro atoms. The van der Waals surface area contributed by atoms with Crippen LogP contribution in [0.1, 0.15) is 39.0 Å². The first-order valence-electron chi connectivity index (χ1n) is 6.38. The summed E-state index contributed by atoms with van der Waals surface area (Å²) >= 11 is 0. The van der Waals surface area contributed by atoms with Gasteiger partial charge in [-0.15, -0.1) is 0 Å². The summed E-state index contributed by atoms with van der Waals surface area (Å²) in [6.07, 6.45) is 3.79. The van der Waals surface area contributed by atoms with Gasteiger partial charge in [0.1, 0.15) is 0 Å². The van der Waals surface area contributed by atoms with Crippen LogP contribution in [0, 0.1) is 5.41 Å². The molecule has 1 aliphatic heterocycles. The second kappa shape index (κ2) is 6.59. The SMILES string of the molecule is CCC1(C(=O)NCCCC(N)=O)CCCNC1. The average molecular weight is 241 g/mol. The molecule has 2 amide bonds. The molecule has 0 radical (unpaired) electrons. The predicted octanol–water partition coefficient (Wildman–Crippen LogP) is 0.148. The normalized spacial score (nSPS) is 24.3. The third kappa shape index (κ3) is 4.00. The highest BCUT2D eigenvalue weighted by Crippen LogP contribution is 2.30. The van der Waals surface area contributed by atoms with E-state index in [4.69, 9.17) is 5.73 Å². The van der Waals surface area contributed by atoms with Gasteiger partial charge in [0.25, 0.3) is 0 Å². The van der Waals surface area contributed by atoms with Gasteiger partial charge in [0, 0.05) is 19.5 Å². The van der Waals surface area contributed by atoms with Gasteiger partial charge in [0.05, 0.1) is 5.41 Å². The van der Waals surface area contributed by atoms with Crippen molar-refractivity contribution in [2.45, 2.75) is 39.0 Å². The highest BCUT2D eigenvalue weighted by atomic mass is 16.2. The Bertz CT molecular complexity index is 273. The molecule has 1 rings (SSSR count). The number of amides is 2. The lowest BCUT2D eigenvalue weighted by atomic mass is 9.77. The molecule has 1 unspecified atom stereocenters. The van der Waals surface area contributed by atoms with Crippen molar-refractivity contribution in [3.05, 3.63) is 0 Å².